The summed E-state index contributed by atoms with van der Waals surface area (Å²) in [6.45, 7) is 4.32. The van der Waals surface area contributed by atoms with Crippen LogP contribution < -0.4 is 5.38 Å². The zero-order valence-corrected chi connectivity index (χ0v) is 7.28. The molecule has 0 aromatic carbocycles. The van der Waals surface area contributed by atoms with E-state index in [1.165, 1.54) is 0 Å². The molecule has 1 aromatic rings. The highest BCUT2D eigenvalue weighted by molar-refractivity contribution is 6.69. The Balaban J connectivity index is 2.88. The minimum absolute atomic E-state index is 0.441. The summed E-state index contributed by atoms with van der Waals surface area (Å²) in [6.07, 6.45) is 0.736. The van der Waals surface area contributed by atoms with Crippen LogP contribution in [0.5, 0.6) is 0 Å². The van der Waals surface area contributed by atoms with Gasteiger partial charge >= 0.3 is 0 Å². The lowest BCUT2D eigenvalue weighted by Crippen LogP contribution is -2.19. The van der Waals surface area contributed by atoms with Gasteiger partial charge in [-0.2, -0.15) is 0 Å². The van der Waals surface area contributed by atoms with Gasteiger partial charge in [0.2, 0.25) is 0 Å². The summed E-state index contributed by atoms with van der Waals surface area (Å²) in [5.41, 5.74) is 0. The van der Waals surface area contributed by atoms with Crippen LogP contribution in [0.2, 0.25) is 13.1 Å². The molecule has 2 nitrogen and oxygen atoms in total. The molecule has 1 heterocycles. The van der Waals surface area contributed by atoms with Gasteiger partial charge in [0.25, 0.3) is 0 Å². The van der Waals surface area contributed by atoms with Crippen LogP contribution in [0.25, 0.3) is 0 Å². The van der Waals surface area contributed by atoms with Crippen molar-refractivity contribution in [3.63, 3.8) is 0 Å². The smallest absolute Gasteiger partial charge is 0.185 e. The van der Waals surface area contributed by atoms with E-state index in [1.807, 2.05) is 6.07 Å². The Morgan fingerprint density at radius 3 is 2.50 bits per heavy atom. The molecular weight excluding hydrogens is 144 g/mol. The fourth-order valence-electron chi connectivity index (χ4n) is 0.742. The molecule has 0 spiro atoms. The molecule has 54 valence electrons. The highest BCUT2D eigenvalue weighted by atomic mass is 28.3. The van der Waals surface area contributed by atoms with E-state index in [9.17, 15) is 4.79 Å². The van der Waals surface area contributed by atoms with Gasteiger partial charge in [-0.15, -0.1) is 0 Å². The predicted molar refractivity (Wildman–Crippen MR) is 42.6 cm³/mol. The van der Waals surface area contributed by atoms with Crippen LogP contribution in [0.4, 0.5) is 0 Å². The number of hydrogen-bond donors (Lipinski definition) is 0. The van der Waals surface area contributed by atoms with Crippen LogP contribution in [-0.2, 0) is 0 Å². The molecule has 3 heteroatoms. The Morgan fingerprint density at radius 2 is 2.20 bits per heavy atom. The van der Waals surface area contributed by atoms with Crippen LogP contribution in [-0.4, -0.2) is 15.1 Å². The number of hydrogen-bond acceptors (Lipinski definition) is 2. The van der Waals surface area contributed by atoms with E-state index in [-0.39, 0.29) is 0 Å². The minimum Gasteiger partial charge on any atom is -0.464 e. The molecule has 0 aliphatic carbocycles. The van der Waals surface area contributed by atoms with Crippen molar-refractivity contribution in [1.29, 1.82) is 0 Å². The summed E-state index contributed by atoms with van der Waals surface area (Å²) < 4.78 is 5.19. The lowest BCUT2D eigenvalue weighted by atomic mass is 10.5. The standard InChI is InChI=1S/C7H10O2Si/c1-10(2)7-4-3-6(5-8)9-7/h3-5,10H,1-2H3. The molecule has 0 saturated heterocycles. The van der Waals surface area contributed by atoms with Crippen molar-refractivity contribution in [2.45, 2.75) is 13.1 Å². The first-order valence-electron chi connectivity index (χ1n) is 3.29. The molecule has 0 bridgehead atoms. The monoisotopic (exact) mass is 154 g/mol. The number of rotatable bonds is 2. The molecule has 0 radical (unpaired) electrons. The number of aldehydes is 1. The third-order valence-electron chi connectivity index (χ3n) is 1.33. The average molecular weight is 154 g/mol. The Hall–Kier alpha value is -0.833. The first-order chi connectivity index (χ1) is 4.74. The fraction of sp³-hybridized carbons (Fsp3) is 0.286. The van der Waals surface area contributed by atoms with Gasteiger partial charge in [-0.1, -0.05) is 13.1 Å². The molecule has 0 atom stereocenters. The third-order valence-corrected chi connectivity index (χ3v) is 2.78. The molecule has 0 aliphatic heterocycles. The molecule has 0 N–H and O–H groups in total. The van der Waals surface area contributed by atoms with E-state index < -0.39 is 8.80 Å². The minimum atomic E-state index is -0.848. The molecule has 0 saturated carbocycles. The summed E-state index contributed by atoms with van der Waals surface area (Å²) in [5, 5.41) is 1.00. The molecule has 0 aliphatic rings. The summed E-state index contributed by atoms with van der Waals surface area (Å²) in [5.74, 6) is 0.441. The summed E-state index contributed by atoms with van der Waals surface area (Å²) in [4.78, 5) is 10.2. The van der Waals surface area contributed by atoms with E-state index >= 15 is 0 Å². The van der Waals surface area contributed by atoms with Crippen LogP contribution in [0.3, 0.4) is 0 Å². The molecule has 0 fully saturated rings. The van der Waals surface area contributed by atoms with Gasteiger partial charge in [0.15, 0.2) is 12.0 Å². The van der Waals surface area contributed by atoms with Crippen molar-refractivity contribution in [3.8, 4) is 0 Å². The average Bonchev–Trinajstić information content (AvgIpc) is 2.34. The summed E-state index contributed by atoms with van der Waals surface area (Å²) in [6, 6.07) is 3.61. The quantitative estimate of drug-likeness (QED) is 0.465. The highest BCUT2D eigenvalue weighted by Gasteiger charge is 2.04. The highest BCUT2D eigenvalue weighted by Crippen LogP contribution is 1.95. The molecular formula is C7H10O2Si. The van der Waals surface area contributed by atoms with Gasteiger partial charge < -0.3 is 4.42 Å². The second-order valence-electron chi connectivity index (χ2n) is 2.51. The van der Waals surface area contributed by atoms with Gasteiger partial charge in [-0.25, -0.2) is 0 Å². The normalized spacial score (nSPS) is 10.3. The van der Waals surface area contributed by atoms with Gasteiger partial charge in [-0.05, 0) is 12.1 Å². The van der Waals surface area contributed by atoms with E-state index in [4.69, 9.17) is 4.42 Å². The van der Waals surface area contributed by atoms with Crippen LogP contribution >= 0.6 is 0 Å². The Bertz CT molecular complexity index is 227. The Morgan fingerprint density at radius 1 is 1.50 bits per heavy atom. The molecule has 0 unspecified atom stereocenters. The number of carbonyl (C=O) groups excluding carboxylic acids is 1. The van der Waals surface area contributed by atoms with Crippen LogP contribution in [0, 0.1) is 0 Å². The van der Waals surface area contributed by atoms with Crippen molar-refractivity contribution in [1.82, 2.24) is 0 Å². The van der Waals surface area contributed by atoms with E-state index in [2.05, 4.69) is 13.1 Å². The van der Waals surface area contributed by atoms with Crippen molar-refractivity contribution in [3.05, 3.63) is 17.9 Å². The molecule has 0 amide bonds. The molecule has 1 rings (SSSR count). The maximum Gasteiger partial charge on any atom is 0.185 e. The second-order valence-corrected chi connectivity index (χ2v) is 5.39. The predicted octanol–water partition coefficient (Wildman–Crippen LogP) is 0.786. The van der Waals surface area contributed by atoms with Crippen LogP contribution in [0.15, 0.2) is 16.5 Å². The lowest BCUT2D eigenvalue weighted by Gasteiger charge is -1.93. The molecule has 10 heavy (non-hydrogen) atoms. The second kappa shape index (κ2) is 2.83. The third kappa shape index (κ3) is 1.36. The Kier molecular flexibility index (Phi) is 2.06. The van der Waals surface area contributed by atoms with Gasteiger partial charge in [0, 0.05) is 0 Å². The van der Waals surface area contributed by atoms with Crippen LogP contribution in [0.1, 0.15) is 10.6 Å². The van der Waals surface area contributed by atoms with E-state index in [0.717, 1.165) is 11.7 Å². The lowest BCUT2D eigenvalue weighted by molar-refractivity contribution is 0.110. The van der Waals surface area contributed by atoms with Crippen molar-refractivity contribution in [2.75, 3.05) is 0 Å². The zero-order chi connectivity index (χ0) is 7.56. The van der Waals surface area contributed by atoms with Crippen molar-refractivity contribution in [2.24, 2.45) is 0 Å². The summed E-state index contributed by atoms with van der Waals surface area (Å²) >= 11 is 0. The van der Waals surface area contributed by atoms with Crippen molar-refractivity contribution < 1.29 is 9.21 Å². The first kappa shape index (κ1) is 7.28. The van der Waals surface area contributed by atoms with Gasteiger partial charge in [0.05, 0.1) is 5.38 Å². The topological polar surface area (TPSA) is 30.2 Å². The van der Waals surface area contributed by atoms with Gasteiger partial charge in [-0.3, -0.25) is 4.79 Å². The van der Waals surface area contributed by atoms with E-state index in [0.29, 0.717) is 5.76 Å². The fourth-order valence-corrected chi connectivity index (χ4v) is 1.59. The Labute approximate surface area is 61.5 Å². The maximum atomic E-state index is 10.2. The number of furan rings is 1. The largest absolute Gasteiger partial charge is 0.464 e. The summed E-state index contributed by atoms with van der Waals surface area (Å²) in [7, 11) is -0.848. The van der Waals surface area contributed by atoms with Gasteiger partial charge in [0.1, 0.15) is 8.80 Å². The maximum absolute atomic E-state index is 10.2. The van der Waals surface area contributed by atoms with Crippen molar-refractivity contribution >= 4 is 20.5 Å². The number of carbonyl (C=O) groups is 1. The zero-order valence-electron chi connectivity index (χ0n) is 6.13. The van der Waals surface area contributed by atoms with E-state index in [1.54, 1.807) is 6.07 Å². The first-order valence-corrected chi connectivity index (χ1v) is 6.17. The SMILES string of the molecule is C[SiH](C)c1ccc(C=O)o1. The molecule has 1 aromatic heterocycles.